The van der Waals surface area contributed by atoms with E-state index in [-0.39, 0.29) is 18.2 Å². The molecule has 0 bridgehead atoms. The van der Waals surface area contributed by atoms with E-state index in [1.54, 1.807) is 31.4 Å². The van der Waals surface area contributed by atoms with E-state index in [2.05, 4.69) is 26.8 Å². The second-order valence-electron chi connectivity index (χ2n) is 7.37. The van der Waals surface area contributed by atoms with Gasteiger partial charge in [0.15, 0.2) is 0 Å². The minimum atomic E-state index is -0.418. The third-order valence-electron chi connectivity index (χ3n) is 5.25. The first-order valence-electron chi connectivity index (χ1n) is 9.83. The number of aryl methyl sites for hydroxylation is 1. The van der Waals surface area contributed by atoms with Crippen LogP contribution in [-0.2, 0) is 17.9 Å². The van der Waals surface area contributed by atoms with E-state index in [0.29, 0.717) is 34.8 Å². The Morgan fingerprint density at radius 2 is 2.09 bits per heavy atom. The monoisotopic (exact) mass is 433 g/mol. The van der Waals surface area contributed by atoms with Crippen molar-refractivity contribution < 1.29 is 13.6 Å². The number of anilines is 1. The zero-order valence-corrected chi connectivity index (χ0v) is 17.8. The zero-order chi connectivity index (χ0) is 22.8. The van der Waals surface area contributed by atoms with Crippen LogP contribution in [0.1, 0.15) is 28.1 Å². The summed E-state index contributed by atoms with van der Waals surface area (Å²) in [5, 5.41) is 24.5. The second-order valence-corrected chi connectivity index (χ2v) is 7.37. The number of carbonyl (C=O) groups excluding carboxylic acids is 1. The number of aromatic nitrogens is 5. The summed E-state index contributed by atoms with van der Waals surface area (Å²) in [5.41, 5.74) is 3.07. The molecule has 0 saturated carbocycles. The van der Waals surface area contributed by atoms with Crippen LogP contribution >= 0.6 is 0 Å². The van der Waals surface area contributed by atoms with E-state index in [9.17, 15) is 14.4 Å². The topological polar surface area (TPSA) is 115 Å². The third kappa shape index (κ3) is 4.00. The highest BCUT2D eigenvalue weighted by atomic mass is 19.1. The van der Waals surface area contributed by atoms with Gasteiger partial charge in [0.1, 0.15) is 30.0 Å². The number of nitrogens with zero attached hydrogens (tertiary/aromatic N) is 6. The molecule has 4 rings (SSSR count). The summed E-state index contributed by atoms with van der Waals surface area (Å²) in [4.78, 5) is 13.9. The lowest BCUT2D eigenvalue weighted by atomic mass is 10.1. The summed E-state index contributed by atoms with van der Waals surface area (Å²) >= 11 is 0. The van der Waals surface area contributed by atoms with Crippen molar-refractivity contribution in [1.29, 1.82) is 5.26 Å². The Labute approximate surface area is 183 Å². The molecule has 3 aromatic heterocycles. The number of furan rings is 1. The van der Waals surface area contributed by atoms with Crippen molar-refractivity contribution in [1.82, 2.24) is 24.8 Å². The predicted octanol–water partition coefficient (Wildman–Crippen LogP) is 3.36. The average Bonchev–Trinajstić information content (AvgIpc) is 3.49. The number of nitrogens with one attached hydrogen (secondary N) is 1. The molecule has 0 aliphatic rings. The van der Waals surface area contributed by atoms with Crippen molar-refractivity contribution in [2.24, 2.45) is 0 Å². The molecule has 1 aromatic carbocycles. The normalized spacial score (nSPS) is 10.8. The molecule has 9 nitrogen and oxygen atoms in total. The molecule has 0 aliphatic carbocycles. The van der Waals surface area contributed by atoms with Crippen molar-refractivity contribution in [3.63, 3.8) is 0 Å². The van der Waals surface area contributed by atoms with Crippen molar-refractivity contribution in [2.75, 3.05) is 5.32 Å². The Hall–Kier alpha value is -4.26. The quantitative estimate of drug-likeness (QED) is 0.499. The molecular weight excluding hydrogens is 413 g/mol. The van der Waals surface area contributed by atoms with Crippen LogP contribution in [0.25, 0.3) is 11.4 Å². The summed E-state index contributed by atoms with van der Waals surface area (Å²) in [5.74, 6) is 0.626. The molecule has 1 amide bonds. The molecule has 3 heterocycles. The second kappa shape index (κ2) is 8.47. The summed E-state index contributed by atoms with van der Waals surface area (Å²) < 4.78 is 20.7. The minimum absolute atomic E-state index is 0.206. The van der Waals surface area contributed by atoms with Crippen LogP contribution < -0.4 is 5.32 Å². The van der Waals surface area contributed by atoms with Crippen molar-refractivity contribution >= 4 is 11.7 Å². The standard InChI is InChI=1S/C22H20FN7O2/c1-13-9-16(6-7-19(13)23)21-26-28-30(27-21)12-20(31)25-22-18(10-24)14(2)15(3)29(22)11-17-5-4-8-32-17/h4-9H,11-12H2,1-3H3,(H,25,31). The first kappa shape index (κ1) is 21.0. The molecule has 0 aliphatic heterocycles. The Balaban J connectivity index is 1.55. The average molecular weight is 433 g/mol. The lowest BCUT2D eigenvalue weighted by Crippen LogP contribution is -2.23. The van der Waals surface area contributed by atoms with Gasteiger partial charge in [-0.15, -0.1) is 10.2 Å². The molecule has 1 N–H and O–H groups in total. The number of tetrazole rings is 1. The number of hydrogen-bond donors (Lipinski definition) is 1. The number of benzene rings is 1. The molecule has 10 heteroatoms. The van der Waals surface area contributed by atoms with Crippen LogP contribution in [0.5, 0.6) is 0 Å². The molecule has 0 atom stereocenters. The maximum absolute atomic E-state index is 13.5. The maximum atomic E-state index is 13.5. The zero-order valence-electron chi connectivity index (χ0n) is 17.8. The first-order valence-corrected chi connectivity index (χ1v) is 9.83. The van der Waals surface area contributed by atoms with E-state index in [4.69, 9.17) is 4.42 Å². The molecule has 32 heavy (non-hydrogen) atoms. The van der Waals surface area contributed by atoms with Gasteiger partial charge >= 0.3 is 0 Å². The molecular formula is C22H20FN7O2. The fourth-order valence-electron chi connectivity index (χ4n) is 3.40. The number of carbonyl (C=O) groups is 1. The highest BCUT2D eigenvalue weighted by Gasteiger charge is 2.21. The van der Waals surface area contributed by atoms with Gasteiger partial charge in [0.2, 0.25) is 11.7 Å². The van der Waals surface area contributed by atoms with Crippen LogP contribution in [0.3, 0.4) is 0 Å². The number of rotatable bonds is 6. The Kier molecular flexibility index (Phi) is 5.55. The van der Waals surface area contributed by atoms with E-state index in [1.807, 2.05) is 24.5 Å². The number of hydrogen-bond acceptors (Lipinski definition) is 6. The van der Waals surface area contributed by atoms with Gasteiger partial charge in [-0.1, -0.05) is 0 Å². The predicted molar refractivity (Wildman–Crippen MR) is 113 cm³/mol. The van der Waals surface area contributed by atoms with Crippen molar-refractivity contribution in [3.05, 3.63) is 70.6 Å². The molecule has 0 spiro atoms. The largest absolute Gasteiger partial charge is 0.467 e. The number of nitriles is 1. The minimum Gasteiger partial charge on any atom is -0.467 e. The van der Waals surface area contributed by atoms with Crippen LogP contribution in [0.2, 0.25) is 0 Å². The van der Waals surface area contributed by atoms with Crippen LogP contribution in [0.15, 0.2) is 41.0 Å². The van der Waals surface area contributed by atoms with Gasteiger partial charge < -0.3 is 14.3 Å². The maximum Gasteiger partial charge on any atom is 0.249 e. The van der Waals surface area contributed by atoms with Crippen LogP contribution in [0, 0.1) is 37.9 Å². The van der Waals surface area contributed by atoms with E-state index >= 15 is 0 Å². The summed E-state index contributed by atoms with van der Waals surface area (Å²) in [6.45, 7) is 5.52. The summed E-state index contributed by atoms with van der Waals surface area (Å²) in [6.07, 6.45) is 1.57. The van der Waals surface area contributed by atoms with Gasteiger partial charge in [-0.05, 0) is 67.4 Å². The summed E-state index contributed by atoms with van der Waals surface area (Å²) in [6, 6.07) is 10.3. The first-order chi connectivity index (χ1) is 15.4. The van der Waals surface area contributed by atoms with Gasteiger partial charge in [-0.2, -0.15) is 10.1 Å². The van der Waals surface area contributed by atoms with Crippen molar-refractivity contribution in [2.45, 2.75) is 33.9 Å². The highest BCUT2D eigenvalue weighted by Crippen LogP contribution is 2.27. The van der Waals surface area contributed by atoms with E-state index in [1.165, 1.54) is 6.07 Å². The number of halogens is 1. The van der Waals surface area contributed by atoms with Gasteiger partial charge in [-0.25, -0.2) is 4.39 Å². The fraction of sp³-hybridized carbons (Fsp3) is 0.227. The molecule has 0 radical (unpaired) electrons. The molecule has 0 fully saturated rings. The summed E-state index contributed by atoms with van der Waals surface area (Å²) in [7, 11) is 0. The van der Waals surface area contributed by atoms with Gasteiger partial charge in [0.05, 0.1) is 18.4 Å². The lowest BCUT2D eigenvalue weighted by molar-refractivity contribution is -0.117. The lowest BCUT2D eigenvalue weighted by Gasteiger charge is -2.11. The third-order valence-corrected chi connectivity index (χ3v) is 5.25. The SMILES string of the molecule is Cc1cc(-c2nnn(CC(=O)Nc3c(C#N)c(C)c(C)n3Cc3ccco3)n2)ccc1F. The van der Waals surface area contributed by atoms with Crippen molar-refractivity contribution in [3.8, 4) is 17.5 Å². The Bertz CT molecular complexity index is 1330. The Morgan fingerprint density at radius 1 is 1.28 bits per heavy atom. The molecule has 4 aromatic rings. The van der Waals surface area contributed by atoms with Gasteiger partial charge in [-0.3, -0.25) is 4.79 Å². The molecule has 0 saturated heterocycles. The number of amides is 1. The van der Waals surface area contributed by atoms with Gasteiger partial charge in [0.25, 0.3) is 0 Å². The van der Waals surface area contributed by atoms with Crippen LogP contribution in [-0.4, -0.2) is 30.7 Å². The van der Waals surface area contributed by atoms with Gasteiger partial charge in [0, 0.05) is 11.3 Å². The Morgan fingerprint density at radius 3 is 2.78 bits per heavy atom. The van der Waals surface area contributed by atoms with E-state index in [0.717, 1.165) is 16.1 Å². The fourth-order valence-corrected chi connectivity index (χ4v) is 3.40. The highest BCUT2D eigenvalue weighted by molar-refractivity contribution is 5.91. The molecule has 0 unspecified atom stereocenters. The molecule has 162 valence electrons. The smallest absolute Gasteiger partial charge is 0.249 e. The van der Waals surface area contributed by atoms with E-state index < -0.39 is 5.91 Å². The van der Waals surface area contributed by atoms with Crippen LogP contribution in [0.4, 0.5) is 10.2 Å².